The molecule has 0 aliphatic heterocycles. The van der Waals surface area contributed by atoms with Gasteiger partial charge in [-0.2, -0.15) is 0 Å². The van der Waals surface area contributed by atoms with Crippen LogP contribution in [0.3, 0.4) is 0 Å². The Morgan fingerprint density at radius 2 is 1.33 bits per heavy atom. The van der Waals surface area contributed by atoms with Crippen LogP contribution >= 0.6 is 0 Å². The number of anilines is 3. The predicted octanol–water partition coefficient (Wildman–Crippen LogP) is 4.73. The molecule has 0 aliphatic carbocycles. The van der Waals surface area contributed by atoms with Crippen molar-refractivity contribution in [2.24, 2.45) is 0 Å². The molecule has 170 valence electrons. The molecular weight excluding hydrogens is 422 g/mol. The van der Waals surface area contributed by atoms with Gasteiger partial charge in [-0.25, -0.2) is 4.79 Å². The average Bonchev–Trinajstić information content (AvgIpc) is 2.80. The SMILES string of the molecule is COc1cc(NC(=O)Cc2ccc(NC(=O)Nc3ccccc3)cc2)c(C(C)=O)cc1OC. The number of para-hydroxylation sites is 1. The number of Topliss-reactive ketones (excluding diaryl/α,β-unsaturated/α-hetero) is 1. The van der Waals surface area contributed by atoms with Gasteiger partial charge in [0, 0.05) is 23.0 Å². The maximum absolute atomic E-state index is 12.6. The zero-order chi connectivity index (χ0) is 23.8. The van der Waals surface area contributed by atoms with E-state index in [1.165, 1.54) is 27.2 Å². The first-order chi connectivity index (χ1) is 15.9. The number of hydrogen-bond acceptors (Lipinski definition) is 5. The zero-order valence-corrected chi connectivity index (χ0v) is 18.6. The highest BCUT2D eigenvalue weighted by molar-refractivity contribution is 6.05. The molecular formula is C25H25N3O5. The molecule has 0 aliphatic rings. The second-order valence-electron chi connectivity index (χ2n) is 7.18. The average molecular weight is 447 g/mol. The van der Waals surface area contributed by atoms with Crippen LogP contribution < -0.4 is 25.4 Å². The lowest BCUT2D eigenvalue weighted by Crippen LogP contribution is -2.19. The third-order valence-corrected chi connectivity index (χ3v) is 4.79. The number of benzene rings is 3. The van der Waals surface area contributed by atoms with Crippen molar-refractivity contribution in [2.75, 3.05) is 30.2 Å². The Morgan fingerprint density at radius 1 is 0.758 bits per heavy atom. The molecule has 3 aromatic carbocycles. The molecule has 3 rings (SSSR count). The number of amides is 3. The normalized spacial score (nSPS) is 10.2. The monoisotopic (exact) mass is 447 g/mol. The topological polar surface area (TPSA) is 106 Å². The number of ether oxygens (including phenoxy) is 2. The van der Waals surface area contributed by atoms with Crippen molar-refractivity contribution in [3.8, 4) is 11.5 Å². The Labute approximate surface area is 191 Å². The number of rotatable bonds is 8. The van der Waals surface area contributed by atoms with Crippen LogP contribution in [-0.2, 0) is 11.2 Å². The summed E-state index contributed by atoms with van der Waals surface area (Å²) < 4.78 is 10.5. The lowest BCUT2D eigenvalue weighted by atomic mass is 10.1. The summed E-state index contributed by atoms with van der Waals surface area (Å²) in [6, 6.07) is 18.8. The molecule has 8 heteroatoms. The highest BCUT2D eigenvalue weighted by atomic mass is 16.5. The standard InChI is InChI=1S/C25H25N3O5/c1-16(29)20-14-22(32-2)23(33-3)15-21(20)28-24(30)13-17-9-11-19(12-10-17)27-25(31)26-18-7-5-4-6-8-18/h4-12,14-15H,13H2,1-3H3,(H,28,30)(H2,26,27,31). The van der Waals surface area contributed by atoms with Crippen LogP contribution in [-0.4, -0.2) is 31.9 Å². The summed E-state index contributed by atoms with van der Waals surface area (Å²) in [5.74, 6) is 0.296. The number of methoxy groups -OCH3 is 2. The Balaban J connectivity index is 1.63. The first kappa shape index (κ1) is 23.3. The molecule has 0 bridgehead atoms. The van der Waals surface area contributed by atoms with Crippen molar-refractivity contribution >= 4 is 34.8 Å². The smallest absolute Gasteiger partial charge is 0.323 e. The fraction of sp³-hybridized carbons (Fsp3) is 0.160. The van der Waals surface area contributed by atoms with Crippen molar-refractivity contribution < 1.29 is 23.9 Å². The van der Waals surface area contributed by atoms with E-state index in [0.29, 0.717) is 34.1 Å². The number of nitrogens with one attached hydrogen (secondary N) is 3. The summed E-state index contributed by atoms with van der Waals surface area (Å²) in [5.41, 5.74) is 2.69. The van der Waals surface area contributed by atoms with Crippen molar-refractivity contribution in [1.82, 2.24) is 0 Å². The lowest BCUT2D eigenvalue weighted by molar-refractivity contribution is -0.115. The summed E-state index contributed by atoms with van der Waals surface area (Å²) in [6.07, 6.45) is 0.0855. The summed E-state index contributed by atoms with van der Waals surface area (Å²) in [6.45, 7) is 1.41. The van der Waals surface area contributed by atoms with Crippen LogP contribution in [0.25, 0.3) is 0 Å². The van der Waals surface area contributed by atoms with Gasteiger partial charge < -0.3 is 25.4 Å². The minimum atomic E-state index is -0.364. The Kier molecular flexibility index (Phi) is 7.64. The lowest BCUT2D eigenvalue weighted by Gasteiger charge is -2.14. The molecule has 0 unspecified atom stereocenters. The Hall–Kier alpha value is -4.33. The minimum absolute atomic E-state index is 0.0855. The van der Waals surface area contributed by atoms with Crippen molar-refractivity contribution in [1.29, 1.82) is 0 Å². The third-order valence-electron chi connectivity index (χ3n) is 4.79. The molecule has 0 fully saturated rings. The summed E-state index contributed by atoms with van der Waals surface area (Å²) in [7, 11) is 2.95. The molecule has 0 saturated heterocycles. The quantitative estimate of drug-likeness (QED) is 0.433. The molecule has 0 heterocycles. The minimum Gasteiger partial charge on any atom is -0.493 e. The predicted molar refractivity (Wildman–Crippen MR) is 127 cm³/mol. The second-order valence-corrected chi connectivity index (χ2v) is 7.18. The van der Waals surface area contributed by atoms with Crippen molar-refractivity contribution in [3.05, 3.63) is 77.9 Å². The number of ketones is 1. The van der Waals surface area contributed by atoms with E-state index in [1.54, 1.807) is 42.5 Å². The van der Waals surface area contributed by atoms with Gasteiger partial charge in [0.05, 0.1) is 26.3 Å². The summed E-state index contributed by atoms with van der Waals surface area (Å²) in [5, 5.41) is 8.24. The number of hydrogen-bond donors (Lipinski definition) is 3. The Morgan fingerprint density at radius 3 is 1.91 bits per heavy atom. The van der Waals surface area contributed by atoms with Crippen LogP contribution in [0.2, 0.25) is 0 Å². The van der Waals surface area contributed by atoms with Gasteiger partial charge in [-0.3, -0.25) is 9.59 Å². The molecule has 33 heavy (non-hydrogen) atoms. The molecule has 0 saturated carbocycles. The summed E-state index contributed by atoms with van der Waals surface area (Å²) in [4.78, 5) is 36.7. The van der Waals surface area contributed by atoms with Crippen molar-refractivity contribution in [2.45, 2.75) is 13.3 Å². The van der Waals surface area contributed by atoms with E-state index in [1.807, 2.05) is 18.2 Å². The summed E-state index contributed by atoms with van der Waals surface area (Å²) >= 11 is 0. The van der Waals surface area contributed by atoms with Crippen LogP contribution in [0.1, 0.15) is 22.8 Å². The number of carbonyl (C=O) groups is 3. The van der Waals surface area contributed by atoms with Gasteiger partial charge >= 0.3 is 6.03 Å². The van der Waals surface area contributed by atoms with E-state index in [-0.39, 0.29) is 24.1 Å². The molecule has 3 aromatic rings. The van der Waals surface area contributed by atoms with Gasteiger partial charge in [-0.1, -0.05) is 30.3 Å². The molecule has 0 atom stereocenters. The van der Waals surface area contributed by atoms with Gasteiger partial charge in [-0.15, -0.1) is 0 Å². The van der Waals surface area contributed by atoms with Gasteiger partial charge in [0.15, 0.2) is 17.3 Å². The van der Waals surface area contributed by atoms with Crippen LogP contribution in [0.4, 0.5) is 21.9 Å². The maximum Gasteiger partial charge on any atom is 0.323 e. The van der Waals surface area contributed by atoms with Crippen molar-refractivity contribution in [3.63, 3.8) is 0 Å². The van der Waals surface area contributed by atoms with Crippen LogP contribution in [0, 0.1) is 0 Å². The van der Waals surface area contributed by atoms with Crippen LogP contribution in [0.15, 0.2) is 66.7 Å². The first-order valence-electron chi connectivity index (χ1n) is 10.2. The van der Waals surface area contributed by atoms with Crippen LogP contribution in [0.5, 0.6) is 11.5 Å². The number of carbonyl (C=O) groups excluding carboxylic acids is 3. The molecule has 3 amide bonds. The van der Waals surface area contributed by atoms with E-state index in [2.05, 4.69) is 16.0 Å². The van der Waals surface area contributed by atoms with E-state index in [4.69, 9.17) is 9.47 Å². The van der Waals surface area contributed by atoms with E-state index in [9.17, 15) is 14.4 Å². The van der Waals surface area contributed by atoms with E-state index < -0.39 is 0 Å². The molecule has 0 aromatic heterocycles. The first-order valence-corrected chi connectivity index (χ1v) is 10.2. The van der Waals surface area contributed by atoms with E-state index >= 15 is 0 Å². The second kappa shape index (κ2) is 10.8. The third kappa shape index (κ3) is 6.33. The van der Waals surface area contributed by atoms with Gasteiger partial charge in [-0.05, 0) is 42.8 Å². The highest BCUT2D eigenvalue weighted by Gasteiger charge is 2.16. The molecule has 8 nitrogen and oxygen atoms in total. The largest absolute Gasteiger partial charge is 0.493 e. The zero-order valence-electron chi connectivity index (χ0n) is 18.6. The van der Waals surface area contributed by atoms with Gasteiger partial charge in [0.1, 0.15) is 0 Å². The fourth-order valence-electron chi connectivity index (χ4n) is 3.17. The highest BCUT2D eigenvalue weighted by Crippen LogP contribution is 2.33. The maximum atomic E-state index is 12.6. The van der Waals surface area contributed by atoms with E-state index in [0.717, 1.165) is 5.56 Å². The fourth-order valence-corrected chi connectivity index (χ4v) is 3.17. The Bertz CT molecular complexity index is 1140. The van der Waals surface area contributed by atoms with Gasteiger partial charge in [0.2, 0.25) is 5.91 Å². The molecule has 0 radical (unpaired) electrons. The molecule has 3 N–H and O–H groups in total. The van der Waals surface area contributed by atoms with Gasteiger partial charge in [0.25, 0.3) is 0 Å². The number of urea groups is 1. The molecule has 0 spiro atoms.